The normalized spacial score (nSPS) is 11.3. The van der Waals surface area contributed by atoms with Gasteiger partial charge in [0.1, 0.15) is 5.69 Å². The number of hydrogen-bond donors (Lipinski definition) is 0. The zero-order valence-corrected chi connectivity index (χ0v) is 11.0. The first-order valence-corrected chi connectivity index (χ1v) is 6.03. The number of benzene rings is 1. The van der Waals surface area contributed by atoms with Gasteiger partial charge in [0.15, 0.2) is 6.29 Å². The minimum atomic E-state index is 0.131. The maximum absolute atomic E-state index is 10.6. The Morgan fingerprint density at radius 3 is 2.39 bits per heavy atom. The van der Waals surface area contributed by atoms with Crippen molar-refractivity contribution < 1.29 is 4.79 Å². The topological polar surface area (TPSA) is 30.0 Å². The average Bonchev–Trinajstić information content (AvgIpc) is 2.38. The third-order valence-corrected chi connectivity index (χ3v) is 2.97. The highest BCUT2D eigenvalue weighted by molar-refractivity contribution is 5.73. The smallest absolute Gasteiger partial charge is 0.168 e. The van der Waals surface area contributed by atoms with Crippen LogP contribution in [0.1, 0.15) is 36.8 Å². The lowest BCUT2D eigenvalue weighted by atomic mass is 9.85. The van der Waals surface area contributed by atoms with Crippen LogP contribution in [0.3, 0.4) is 0 Å². The molecule has 2 heteroatoms. The number of nitrogens with zero attached hydrogens (tertiary/aromatic N) is 1. The molecule has 0 unspecified atom stereocenters. The van der Waals surface area contributed by atoms with E-state index in [1.165, 1.54) is 5.56 Å². The molecule has 0 saturated heterocycles. The fourth-order valence-electron chi connectivity index (χ4n) is 1.81. The molecule has 1 aromatic heterocycles. The summed E-state index contributed by atoms with van der Waals surface area (Å²) in [6, 6.07) is 12.1. The van der Waals surface area contributed by atoms with Gasteiger partial charge in [-0.2, -0.15) is 0 Å². The number of pyridine rings is 1. The number of hydrogen-bond acceptors (Lipinski definition) is 2. The fourth-order valence-corrected chi connectivity index (χ4v) is 1.81. The molecular weight excluding hydrogens is 222 g/mol. The SMILES string of the molecule is CC(C)(C)c1cccc(-c2ccc(C=O)nc2)c1. The highest BCUT2D eigenvalue weighted by atomic mass is 16.1. The summed E-state index contributed by atoms with van der Waals surface area (Å²) < 4.78 is 0. The van der Waals surface area contributed by atoms with Crippen LogP contribution >= 0.6 is 0 Å². The van der Waals surface area contributed by atoms with Crippen molar-refractivity contribution in [2.75, 3.05) is 0 Å². The van der Waals surface area contributed by atoms with Crippen LogP contribution in [0.4, 0.5) is 0 Å². The van der Waals surface area contributed by atoms with E-state index in [-0.39, 0.29) is 5.41 Å². The summed E-state index contributed by atoms with van der Waals surface area (Å²) in [7, 11) is 0. The monoisotopic (exact) mass is 239 g/mol. The summed E-state index contributed by atoms with van der Waals surface area (Å²) in [5.74, 6) is 0. The minimum Gasteiger partial charge on any atom is -0.296 e. The van der Waals surface area contributed by atoms with Crippen molar-refractivity contribution in [3.05, 3.63) is 53.9 Å². The third-order valence-electron chi connectivity index (χ3n) is 2.97. The molecule has 0 fully saturated rings. The second-order valence-electron chi connectivity index (χ2n) is 5.42. The van der Waals surface area contributed by atoms with E-state index in [0.717, 1.165) is 17.4 Å². The first kappa shape index (κ1) is 12.5. The number of carbonyl (C=O) groups excluding carboxylic acids is 1. The summed E-state index contributed by atoms with van der Waals surface area (Å²) in [6.07, 6.45) is 2.50. The maximum Gasteiger partial charge on any atom is 0.168 e. The van der Waals surface area contributed by atoms with Gasteiger partial charge in [0.25, 0.3) is 0 Å². The fraction of sp³-hybridized carbons (Fsp3) is 0.250. The van der Waals surface area contributed by atoms with E-state index >= 15 is 0 Å². The molecule has 2 rings (SSSR count). The van der Waals surface area contributed by atoms with Gasteiger partial charge in [-0.3, -0.25) is 9.78 Å². The predicted molar refractivity (Wildman–Crippen MR) is 73.8 cm³/mol. The van der Waals surface area contributed by atoms with Crippen LogP contribution < -0.4 is 0 Å². The van der Waals surface area contributed by atoms with Gasteiger partial charge in [-0.15, -0.1) is 0 Å². The first-order valence-electron chi connectivity index (χ1n) is 6.03. The Labute approximate surface area is 108 Å². The lowest BCUT2D eigenvalue weighted by molar-refractivity contribution is 0.111. The molecule has 0 amide bonds. The van der Waals surface area contributed by atoms with Crippen LogP contribution in [-0.2, 0) is 5.41 Å². The van der Waals surface area contributed by atoms with Gasteiger partial charge in [0.2, 0.25) is 0 Å². The van der Waals surface area contributed by atoms with E-state index in [1.807, 2.05) is 6.07 Å². The van der Waals surface area contributed by atoms with Crippen LogP contribution in [0.2, 0.25) is 0 Å². The van der Waals surface area contributed by atoms with Gasteiger partial charge >= 0.3 is 0 Å². The van der Waals surface area contributed by atoms with E-state index in [9.17, 15) is 4.79 Å². The lowest BCUT2D eigenvalue weighted by Crippen LogP contribution is -2.10. The van der Waals surface area contributed by atoms with E-state index < -0.39 is 0 Å². The Balaban J connectivity index is 2.41. The van der Waals surface area contributed by atoms with Gasteiger partial charge in [-0.1, -0.05) is 51.1 Å². The zero-order chi connectivity index (χ0) is 13.2. The highest BCUT2D eigenvalue weighted by Crippen LogP contribution is 2.27. The molecule has 0 bridgehead atoms. The molecule has 0 aliphatic heterocycles. The molecule has 1 aromatic carbocycles. The van der Waals surface area contributed by atoms with Crippen LogP contribution in [0.15, 0.2) is 42.6 Å². The minimum absolute atomic E-state index is 0.131. The Bertz CT molecular complexity index is 550. The quantitative estimate of drug-likeness (QED) is 0.745. The number of carbonyl (C=O) groups is 1. The van der Waals surface area contributed by atoms with Crippen molar-refractivity contribution in [2.24, 2.45) is 0 Å². The average molecular weight is 239 g/mol. The van der Waals surface area contributed by atoms with Crippen molar-refractivity contribution in [1.82, 2.24) is 4.98 Å². The van der Waals surface area contributed by atoms with Crippen LogP contribution in [0.25, 0.3) is 11.1 Å². The Morgan fingerprint density at radius 2 is 1.83 bits per heavy atom. The van der Waals surface area contributed by atoms with Gasteiger partial charge < -0.3 is 0 Å². The maximum atomic E-state index is 10.6. The van der Waals surface area contributed by atoms with Crippen molar-refractivity contribution >= 4 is 6.29 Å². The summed E-state index contributed by atoms with van der Waals surface area (Å²) >= 11 is 0. The molecule has 0 aliphatic carbocycles. The van der Waals surface area contributed by atoms with Gasteiger partial charge in [0, 0.05) is 11.8 Å². The Hall–Kier alpha value is -1.96. The molecule has 0 saturated carbocycles. The predicted octanol–water partition coefficient (Wildman–Crippen LogP) is 3.86. The summed E-state index contributed by atoms with van der Waals surface area (Å²) in [4.78, 5) is 14.7. The molecule has 0 radical (unpaired) electrons. The largest absolute Gasteiger partial charge is 0.296 e. The van der Waals surface area contributed by atoms with E-state index in [2.05, 4.69) is 50.0 Å². The molecular formula is C16H17NO. The molecule has 1 heterocycles. The summed E-state index contributed by atoms with van der Waals surface area (Å²) in [5, 5.41) is 0. The molecule has 18 heavy (non-hydrogen) atoms. The molecule has 2 nitrogen and oxygen atoms in total. The highest BCUT2D eigenvalue weighted by Gasteiger charge is 2.13. The summed E-state index contributed by atoms with van der Waals surface area (Å²) in [5.41, 5.74) is 4.05. The van der Waals surface area contributed by atoms with Crippen molar-refractivity contribution in [2.45, 2.75) is 26.2 Å². The Morgan fingerprint density at radius 1 is 1.06 bits per heavy atom. The molecule has 2 aromatic rings. The Kier molecular flexibility index (Phi) is 3.28. The van der Waals surface area contributed by atoms with Gasteiger partial charge in [-0.25, -0.2) is 0 Å². The third kappa shape index (κ3) is 2.65. The molecule has 92 valence electrons. The van der Waals surface area contributed by atoms with Crippen molar-refractivity contribution in [3.63, 3.8) is 0 Å². The summed E-state index contributed by atoms with van der Waals surface area (Å²) in [6.45, 7) is 6.58. The van der Waals surface area contributed by atoms with E-state index in [1.54, 1.807) is 12.3 Å². The number of aromatic nitrogens is 1. The first-order chi connectivity index (χ1) is 8.50. The molecule has 0 atom stereocenters. The molecule has 0 N–H and O–H groups in total. The van der Waals surface area contributed by atoms with Gasteiger partial charge in [-0.05, 0) is 22.6 Å². The second kappa shape index (κ2) is 4.73. The van der Waals surface area contributed by atoms with Crippen LogP contribution in [0, 0.1) is 0 Å². The van der Waals surface area contributed by atoms with Crippen molar-refractivity contribution in [3.8, 4) is 11.1 Å². The van der Waals surface area contributed by atoms with E-state index in [0.29, 0.717) is 5.69 Å². The number of aldehydes is 1. The van der Waals surface area contributed by atoms with Crippen molar-refractivity contribution in [1.29, 1.82) is 0 Å². The molecule has 0 aliphatic rings. The van der Waals surface area contributed by atoms with Crippen LogP contribution in [-0.4, -0.2) is 11.3 Å². The standard InChI is InChI=1S/C16H17NO/c1-16(2,3)14-6-4-5-12(9-14)13-7-8-15(11-18)17-10-13/h4-11H,1-3H3. The second-order valence-corrected chi connectivity index (χ2v) is 5.42. The lowest BCUT2D eigenvalue weighted by Gasteiger charge is -2.19. The number of rotatable bonds is 2. The zero-order valence-electron chi connectivity index (χ0n) is 11.0. The van der Waals surface area contributed by atoms with Crippen LogP contribution in [0.5, 0.6) is 0 Å². The molecule has 0 spiro atoms. The van der Waals surface area contributed by atoms with Gasteiger partial charge in [0.05, 0.1) is 0 Å². The van der Waals surface area contributed by atoms with E-state index in [4.69, 9.17) is 0 Å².